The summed E-state index contributed by atoms with van der Waals surface area (Å²) in [6.07, 6.45) is 2.88. The molecule has 2 atom stereocenters. The van der Waals surface area contributed by atoms with E-state index in [-0.39, 0.29) is 17.9 Å². The summed E-state index contributed by atoms with van der Waals surface area (Å²) in [6.45, 7) is 13.5. The standard InChI is InChI=1S/C25H39N3O4/c1-8-9-12-26-22(29)21(19-14-16(2)13-17(3)15-19)28(20-10-11-20)23(30)18(4)27-24(31)32-25(5,6)7/h13-15,18,20-21H,8-12H2,1-7H3,(H,26,29)(H,27,31). The van der Waals surface area contributed by atoms with Crippen LogP contribution < -0.4 is 10.6 Å². The maximum absolute atomic E-state index is 13.5. The minimum atomic E-state index is -0.817. The summed E-state index contributed by atoms with van der Waals surface area (Å²) in [5.41, 5.74) is 2.20. The average molecular weight is 446 g/mol. The van der Waals surface area contributed by atoms with Gasteiger partial charge in [0.25, 0.3) is 0 Å². The number of carbonyl (C=O) groups is 3. The third kappa shape index (κ3) is 7.53. The molecule has 7 heteroatoms. The van der Waals surface area contributed by atoms with Gasteiger partial charge in [0.1, 0.15) is 17.7 Å². The van der Waals surface area contributed by atoms with Crippen molar-refractivity contribution in [2.24, 2.45) is 0 Å². The van der Waals surface area contributed by atoms with Crippen molar-refractivity contribution in [2.45, 2.75) is 97.9 Å². The molecule has 7 nitrogen and oxygen atoms in total. The van der Waals surface area contributed by atoms with Gasteiger partial charge in [-0.1, -0.05) is 42.7 Å². The predicted molar refractivity (Wildman–Crippen MR) is 125 cm³/mol. The number of alkyl carbamates (subject to hydrolysis) is 1. The summed E-state index contributed by atoms with van der Waals surface area (Å²) >= 11 is 0. The summed E-state index contributed by atoms with van der Waals surface area (Å²) in [7, 11) is 0. The number of nitrogens with zero attached hydrogens (tertiary/aromatic N) is 1. The fraction of sp³-hybridized carbons (Fsp3) is 0.640. The second-order valence-corrected chi connectivity index (χ2v) is 9.81. The lowest BCUT2D eigenvalue weighted by Crippen LogP contribution is -2.52. The monoisotopic (exact) mass is 445 g/mol. The summed E-state index contributed by atoms with van der Waals surface area (Å²) in [6, 6.07) is 4.40. The van der Waals surface area contributed by atoms with Crippen LogP contribution in [0.1, 0.15) is 83.0 Å². The molecule has 32 heavy (non-hydrogen) atoms. The molecule has 0 saturated heterocycles. The molecule has 0 spiro atoms. The van der Waals surface area contributed by atoms with Gasteiger partial charge in [0.15, 0.2) is 0 Å². The molecule has 1 saturated carbocycles. The largest absolute Gasteiger partial charge is 0.444 e. The second-order valence-electron chi connectivity index (χ2n) is 9.81. The number of carbonyl (C=O) groups excluding carboxylic acids is 3. The van der Waals surface area contributed by atoms with Crippen LogP contribution in [0.4, 0.5) is 4.79 Å². The van der Waals surface area contributed by atoms with Crippen molar-refractivity contribution in [3.05, 3.63) is 34.9 Å². The fourth-order valence-corrected chi connectivity index (χ4v) is 3.73. The van der Waals surface area contributed by atoms with Crippen LogP contribution in [0, 0.1) is 13.8 Å². The highest BCUT2D eigenvalue weighted by atomic mass is 16.6. The van der Waals surface area contributed by atoms with Crippen molar-refractivity contribution in [2.75, 3.05) is 6.54 Å². The van der Waals surface area contributed by atoms with E-state index in [0.29, 0.717) is 6.54 Å². The number of aryl methyl sites for hydroxylation is 2. The van der Waals surface area contributed by atoms with Gasteiger partial charge in [0, 0.05) is 12.6 Å². The molecule has 2 rings (SSSR count). The Bertz CT molecular complexity index is 807. The average Bonchev–Trinajstić information content (AvgIpc) is 3.47. The van der Waals surface area contributed by atoms with Gasteiger partial charge in [0.2, 0.25) is 11.8 Å². The Morgan fingerprint density at radius 2 is 1.72 bits per heavy atom. The molecule has 0 heterocycles. The van der Waals surface area contributed by atoms with Crippen molar-refractivity contribution in [1.82, 2.24) is 15.5 Å². The number of amides is 3. The molecule has 0 aliphatic heterocycles. The molecular weight excluding hydrogens is 406 g/mol. The van der Waals surface area contributed by atoms with Crippen LogP contribution in [0.15, 0.2) is 18.2 Å². The van der Waals surface area contributed by atoms with E-state index in [1.165, 1.54) is 0 Å². The third-order valence-corrected chi connectivity index (χ3v) is 5.21. The van der Waals surface area contributed by atoms with Crippen molar-refractivity contribution in [3.8, 4) is 0 Å². The maximum atomic E-state index is 13.5. The van der Waals surface area contributed by atoms with Gasteiger partial charge < -0.3 is 20.3 Å². The quantitative estimate of drug-likeness (QED) is 0.559. The molecular formula is C25H39N3O4. The van der Waals surface area contributed by atoms with E-state index in [9.17, 15) is 14.4 Å². The van der Waals surface area contributed by atoms with E-state index in [1.807, 2.05) is 32.0 Å². The van der Waals surface area contributed by atoms with Crippen molar-refractivity contribution in [1.29, 1.82) is 0 Å². The van der Waals surface area contributed by atoms with E-state index in [4.69, 9.17) is 4.74 Å². The number of hydrogen-bond donors (Lipinski definition) is 2. The first-order valence-electron chi connectivity index (χ1n) is 11.6. The zero-order valence-electron chi connectivity index (χ0n) is 20.6. The Hall–Kier alpha value is -2.57. The van der Waals surface area contributed by atoms with Gasteiger partial charge in [0.05, 0.1) is 0 Å². The summed E-state index contributed by atoms with van der Waals surface area (Å²) in [4.78, 5) is 40.8. The molecule has 1 aliphatic carbocycles. The molecule has 2 N–H and O–H groups in total. The topological polar surface area (TPSA) is 87.7 Å². The third-order valence-electron chi connectivity index (χ3n) is 5.21. The molecule has 1 aromatic carbocycles. The lowest BCUT2D eigenvalue weighted by atomic mass is 9.98. The van der Waals surface area contributed by atoms with Crippen molar-refractivity contribution >= 4 is 17.9 Å². The lowest BCUT2D eigenvalue weighted by molar-refractivity contribution is -0.142. The SMILES string of the molecule is CCCCNC(=O)C(c1cc(C)cc(C)c1)N(C(=O)C(C)NC(=O)OC(C)(C)C)C1CC1. The predicted octanol–water partition coefficient (Wildman–Crippen LogP) is 4.17. The first-order chi connectivity index (χ1) is 14.9. The first kappa shape index (κ1) is 25.7. The van der Waals surface area contributed by atoms with E-state index in [0.717, 1.165) is 42.4 Å². The molecule has 0 aromatic heterocycles. The normalized spacial score (nSPS) is 15.5. The lowest BCUT2D eigenvalue weighted by Gasteiger charge is -2.34. The zero-order chi connectivity index (χ0) is 24.1. The Morgan fingerprint density at radius 1 is 1.12 bits per heavy atom. The van der Waals surface area contributed by atoms with Crippen LogP contribution in [0.25, 0.3) is 0 Å². The van der Waals surface area contributed by atoms with Crippen molar-refractivity contribution in [3.63, 3.8) is 0 Å². The number of unbranched alkanes of at least 4 members (excludes halogenated alkanes) is 1. The highest BCUT2D eigenvalue weighted by molar-refractivity contribution is 5.92. The summed E-state index contributed by atoms with van der Waals surface area (Å²) in [5.74, 6) is -0.471. The number of rotatable bonds is 9. The van der Waals surface area contributed by atoms with Crippen LogP contribution in [0.3, 0.4) is 0 Å². The maximum Gasteiger partial charge on any atom is 0.408 e. The smallest absolute Gasteiger partial charge is 0.408 e. The number of ether oxygens (including phenoxy) is 1. The van der Waals surface area contributed by atoms with Gasteiger partial charge >= 0.3 is 6.09 Å². The zero-order valence-corrected chi connectivity index (χ0v) is 20.6. The van der Waals surface area contributed by atoms with E-state index < -0.39 is 23.8 Å². The van der Waals surface area contributed by atoms with Gasteiger partial charge in [-0.25, -0.2) is 4.79 Å². The van der Waals surface area contributed by atoms with Crippen LogP contribution in [0.2, 0.25) is 0 Å². The molecule has 1 aliphatic rings. The minimum Gasteiger partial charge on any atom is -0.444 e. The molecule has 0 radical (unpaired) electrons. The van der Waals surface area contributed by atoms with E-state index in [2.05, 4.69) is 17.6 Å². The summed E-state index contributed by atoms with van der Waals surface area (Å²) < 4.78 is 5.30. The minimum absolute atomic E-state index is 0.0202. The number of benzene rings is 1. The Balaban J connectivity index is 2.33. The highest BCUT2D eigenvalue weighted by Gasteiger charge is 2.43. The van der Waals surface area contributed by atoms with Gasteiger partial charge in [-0.3, -0.25) is 9.59 Å². The summed E-state index contributed by atoms with van der Waals surface area (Å²) in [5, 5.41) is 5.64. The van der Waals surface area contributed by atoms with Crippen LogP contribution in [-0.4, -0.2) is 47.0 Å². The van der Waals surface area contributed by atoms with Crippen LogP contribution in [-0.2, 0) is 14.3 Å². The van der Waals surface area contributed by atoms with Crippen LogP contribution in [0.5, 0.6) is 0 Å². The number of nitrogens with one attached hydrogen (secondary N) is 2. The van der Waals surface area contributed by atoms with Crippen molar-refractivity contribution < 1.29 is 19.1 Å². The molecule has 0 bridgehead atoms. The fourth-order valence-electron chi connectivity index (χ4n) is 3.73. The molecule has 1 aromatic rings. The first-order valence-corrected chi connectivity index (χ1v) is 11.6. The Kier molecular flexibility index (Phi) is 8.70. The molecule has 2 unspecified atom stereocenters. The molecule has 1 fully saturated rings. The van der Waals surface area contributed by atoms with Gasteiger partial charge in [-0.2, -0.15) is 0 Å². The molecule has 3 amide bonds. The highest BCUT2D eigenvalue weighted by Crippen LogP contribution is 2.36. The number of hydrogen-bond acceptors (Lipinski definition) is 4. The van der Waals surface area contributed by atoms with E-state index in [1.54, 1.807) is 32.6 Å². The van der Waals surface area contributed by atoms with E-state index >= 15 is 0 Å². The van der Waals surface area contributed by atoms with Gasteiger partial charge in [-0.05, 0) is 66.4 Å². The Labute approximate surface area is 192 Å². The Morgan fingerprint density at radius 3 is 2.22 bits per heavy atom. The van der Waals surface area contributed by atoms with Gasteiger partial charge in [-0.15, -0.1) is 0 Å². The second kappa shape index (κ2) is 10.8. The van der Waals surface area contributed by atoms with Crippen LogP contribution >= 0.6 is 0 Å². The molecule has 178 valence electrons.